The van der Waals surface area contributed by atoms with Crippen molar-refractivity contribution in [1.29, 1.82) is 0 Å². The largest absolute Gasteiger partial charge is 0.465 e. The molecule has 43 heavy (non-hydrogen) atoms. The normalized spacial score (nSPS) is 21.7. The summed E-state index contributed by atoms with van der Waals surface area (Å²) in [5, 5.41) is 8.69. The second-order valence-corrected chi connectivity index (χ2v) is 9.55. The zero-order valence-corrected chi connectivity index (χ0v) is 24.5. The predicted molar refractivity (Wildman–Crippen MR) is 147 cm³/mol. The van der Waals surface area contributed by atoms with Gasteiger partial charge in [0.15, 0.2) is 0 Å². The number of methoxy groups -OCH3 is 1. The average Bonchev–Trinajstić information content (AvgIpc) is 2.95. The fourth-order valence-electron chi connectivity index (χ4n) is 4.43. The van der Waals surface area contributed by atoms with Gasteiger partial charge in [-0.1, -0.05) is 35.4 Å². The minimum Gasteiger partial charge on any atom is -0.465 e. The van der Waals surface area contributed by atoms with Crippen LogP contribution in [0.1, 0.15) is 45.6 Å². The Kier molecular flexibility index (Phi) is 14.2. The number of rotatable bonds is 15. The molecule has 5 atom stereocenters. The van der Waals surface area contributed by atoms with E-state index in [0.717, 1.165) is 26.5 Å². The quantitative estimate of drug-likeness (QED) is 0.0735. The number of esters is 3. The molecule has 236 valence electrons. The lowest BCUT2D eigenvalue weighted by atomic mass is 9.89. The van der Waals surface area contributed by atoms with E-state index >= 15 is 0 Å². The molecule has 0 saturated carbocycles. The number of nitrogens with zero attached hydrogens (tertiary/aromatic N) is 3. The Bertz CT molecular complexity index is 1160. The predicted octanol–water partition coefficient (Wildman–Crippen LogP) is 2.05. The Morgan fingerprint density at radius 2 is 1.86 bits per heavy atom. The van der Waals surface area contributed by atoms with Crippen molar-refractivity contribution >= 4 is 29.9 Å². The van der Waals surface area contributed by atoms with Crippen molar-refractivity contribution in [2.24, 2.45) is 5.11 Å². The highest BCUT2D eigenvalue weighted by molar-refractivity contribution is 5.78. The maximum absolute atomic E-state index is 13.1. The number of carbonyl (C=O) groups excluding carboxylic acids is 5. The van der Waals surface area contributed by atoms with Crippen LogP contribution < -0.4 is 10.6 Å². The van der Waals surface area contributed by atoms with Crippen LogP contribution in [0.2, 0.25) is 0 Å². The summed E-state index contributed by atoms with van der Waals surface area (Å²) in [7, 11) is 1.11. The molecular formula is C27H37N5O11. The van der Waals surface area contributed by atoms with Crippen LogP contribution in [0.15, 0.2) is 35.4 Å². The van der Waals surface area contributed by atoms with E-state index in [4.69, 9.17) is 34.0 Å². The highest BCUT2D eigenvalue weighted by Crippen LogP contribution is 2.36. The molecule has 2 N–H and O–H groups in total. The van der Waals surface area contributed by atoms with Crippen molar-refractivity contribution < 1.29 is 52.4 Å². The number of nitrogens with one attached hydrogen (secondary N) is 2. The molecule has 1 aromatic carbocycles. The van der Waals surface area contributed by atoms with Crippen molar-refractivity contribution in [3.8, 4) is 0 Å². The Hall–Kier alpha value is -4.40. The molecule has 1 aliphatic heterocycles. The number of hydrogen-bond acceptors (Lipinski definition) is 12. The van der Waals surface area contributed by atoms with E-state index in [1.807, 2.05) is 30.3 Å². The number of alkyl carbamates (subject to hydrolysis) is 1. The van der Waals surface area contributed by atoms with Crippen LogP contribution >= 0.6 is 0 Å². The summed E-state index contributed by atoms with van der Waals surface area (Å²) in [4.78, 5) is 63.6. The molecule has 1 aromatic rings. The number of benzene rings is 1. The number of hydrogen-bond donors (Lipinski definition) is 2. The zero-order chi connectivity index (χ0) is 31.8. The second-order valence-electron chi connectivity index (χ2n) is 9.55. The fourth-order valence-corrected chi connectivity index (χ4v) is 4.43. The van der Waals surface area contributed by atoms with Crippen LogP contribution in [0.5, 0.6) is 0 Å². The van der Waals surface area contributed by atoms with Crippen molar-refractivity contribution in [2.75, 3.05) is 26.8 Å². The van der Waals surface area contributed by atoms with Crippen molar-refractivity contribution in [3.63, 3.8) is 0 Å². The molecule has 4 unspecified atom stereocenters. The molecule has 16 nitrogen and oxygen atoms in total. The SMILES string of the molecule is COC(=O)C1(OCCCNC(=O)OCc2ccccc2)CC(OC(C)=O)[C@@H](NC(C)=O)C(CC(CN=[N+]=[N-])OC(C)=O)O1. The summed E-state index contributed by atoms with van der Waals surface area (Å²) >= 11 is 0. The third kappa shape index (κ3) is 11.8. The summed E-state index contributed by atoms with van der Waals surface area (Å²) in [5.41, 5.74) is 9.59. The molecule has 2 rings (SSSR count). The van der Waals surface area contributed by atoms with E-state index in [1.54, 1.807) is 0 Å². The third-order valence-electron chi connectivity index (χ3n) is 6.11. The highest BCUT2D eigenvalue weighted by Gasteiger charge is 2.55. The molecule has 1 fully saturated rings. The van der Waals surface area contributed by atoms with Gasteiger partial charge in [-0.2, -0.15) is 0 Å². The third-order valence-corrected chi connectivity index (χ3v) is 6.11. The zero-order valence-electron chi connectivity index (χ0n) is 24.5. The Balaban J connectivity index is 2.19. The molecular weight excluding hydrogens is 570 g/mol. The molecule has 2 amide bonds. The van der Waals surface area contributed by atoms with Gasteiger partial charge in [0.05, 0.1) is 38.8 Å². The first-order valence-corrected chi connectivity index (χ1v) is 13.5. The van der Waals surface area contributed by atoms with Gasteiger partial charge in [-0.3, -0.25) is 14.4 Å². The monoisotopic (exact) mass is 607 g/mol. The summed E-state index contributed by atoms with van der Waals surface area (Å²) in [5.74, 6) is -4.94. The van der Waals surface area contributed by atoms with Gasteiger partial charge in [0.1, 0.15) is 18.8 Å². The van der Waals surface area contributed by atoms with E-state index in [2.05, 4.69) is 20.7 Å². The maximum Gasteiger partial charge on any atom is 0.407 e. The lowest BCUT2D eigenvalue weighted by Gasteiger charge is -2.46. The number of carbonyl (C=O) groups is 5. The van der Waals surface area contributed by atoms with Gasteiger partial charge in [-0.15, -0.1) is 0 Å². The van der Waals surface area contributed by atoms with Gasteiger partial charge in [0.25, 0.3) is 5.79 Å². The van der Waals surface area contributed by atoms with Gasteiger partial charge in [0, 0.05) is 38.6 Å². The average molecular weight is 608 g/mol. The smallest absolute Gasteiger partial charge is 0.407 e. The molecule has 0 radical (unpaired) electrons. The molecule has 0 spiro atoms. The Labute approximate surface area is 248 Å². The lowest BCUT2D eigenvalue weighted by Crippen LogP contribution is -2.65. The van der Waals surface area contributed by atoms with Crippen molar-refractivity contribution in [3.05, 3.63) is 46.3 Å². The van der Waals surface area contributed by atoms with Crippen LogP contribution in [-0.2, 0) is 54.2 Å². The van der Waals surface area contributed by atoms with E-state index in [0.29, 0.717) is 0 Å². The summed E-state index contributed by atoms with van der Waals surface area (Å²) in [6, 6.07) is 8.12. The summed E-state index contributed by atoms with van der Waals surface area (Å²) in [6.07, 6.45) is -4.28. The first-order valence-electron chi connectivity index (χ1n) is 13.5. The van der Waals surface area contributed by atoms with Gasteiger partial charge < -0.3 is 39.1 Å². The summed E-state index contributed by atoms with van der Waals surface area (Å²) in [6.45, 7) is 3.36. The molecule has 1 aliphatic rings. The van der Waals surface area contributed by atoms with E-state index in [9.17, 15) is 24.0 Å². The van der Waals surface area contributed by atoms with E-state index in [-0.39, 0.29) is 45.6 Å². The lowest BCUT2D eigenvalue weighted by molar-refractivity contribution is -0.300. The maximum atomic E-state index is 13.1. The topological polar surface area (TPSA) is 214 Å². The molecule has 16 heteroatoms. The van der Waals surface area contributed by atoms with Gasteiger partial charge in [-0.25, -0.2) is 9.59 Å². The minimum atomic E-state index is -2.11. The second kappa shape index (κ2) is 17.5. The van der Waals surface area contributed by atoms with Crippen LogP contribution in [0.25, 0.3) is 10.4 Å². The van der Waals surface area contributed by atoms with Crippen LogP contribution in [-0.4, -0.2) is 86.9 Å². The van der Waals surface area contributed by atoms with Crippen LogP contribution in [0.4, 0.5) is 4.79 Å². The standard InChI is InChI=1S/C27H37N5O11/c1-17(33)31-24-22(13-21(15-30-32-28)41-18(2)34)43-27(25(36)38-4,14-23(24)42-19(3)35)40-12-8-11-29-26(37)39-16-20-9-6-5-7-10-20/h5-7,9-10,21-24H,8,11-16H2,1-4H3,(H,29,37)(H,31,33)/t21?,22?,23?,24-,27?/m0/s1. The molecule has 0 aliphatic carbocycles. The molecule has 1 heterocycles. The van der Waals surface area contributed by atoms with E-state index < -0.39 is 60.0 Å². The first-order chi connectivity index (χ1) is 20.5. The molecule has 1 saturated heterocycles. The number of ether oxygens (including phenoxy) is 6. The fraction of sp³-hybridized carbons (Fsp3) is 0.593. The molecule has 0 aromatic heterocycles. The van der Waals surface area contributed by atoms with E-state index in [1.165, 1.54) is 6.92 Å². The summed E-state index contributed by atoms with van der Waals surface area (Å²) < 4.78 is 32.8. The number of azide groups is 1. The Morgan fingerprint density at radius 1 is 1.14 bits per heavy atom. The van der Waals surface area contributed by atoms with Gasteiger partial charge in [-0.05, 0) is 17.5 Å². The minimum absolute atomic E-state index is 0.0882. The van der Waals surface area contributed by atoms with Crippen molar-refractivity contribution in [1.82, 2.24) is 10.6 Å². The van der Waals surface area contributed by atoms with Crippen LogP contribution in [0.3, 0.4) is 0 Å². The van der Waals surface area contributed by atoms with Gasteiger partial charge in [0.2, 0.25) is 5.91 Å². The molecule has 0 bridgehead atoms. The van der Waals surface area contributed by atoms with Crippen LogP contribution in [0, 0.1) is 0 Å². The Morgan fingerprint density at radius 3 is 2.47 bits per heavy atom. The first kappa shape index (κ1) is 34.8. The number of amides is 2. The highest BCUT2D eigenvalue weighted by atomic mass is 16.7. The van der Waals surface area contributed by atoms with Gasteiger partial charge >= 0.3 is 24.0 Å². The van der Waals surface area contributed by atoms with Crippen molar-refractivity contribution in [2.45, 2.75) is 76.8 Å².